The zero-order chi connectivity index (χ0) is 14.6. The second-order valence-electron chi connectivity index (χ2n) is 5.98. The average molecular weight is 288 g/mol. The van der Waals surface area contributed by atoms with Crippen LogP contribution in [-0.4, -0.2) is 22.0 Å². The summed E-state index contributed by atoms with van der Waals surface area (Å²) in [6, 6.07) is 9.00. The van der Waals surface area contributed by atoms with E-state index in [0.29, 0.717) is 10.8 Å². The van der Waals surface area contributed by atoms with Gasteiger partial charge in [-0.05, 0) is 23.6 Å². The van der Waals surface area contributed by atoms with Gasteiger partial charge >= 0.3 is 0 Å². The van der Waals surface area contributed by atoms with Gasteiger partial charge in [-0.3, -0.25) is 4.98 Å². The third-order valence-electron chi connectivity index (χ3n) is 3.22. The molecule has 0 aliphatic heterocycles. The van der Waals surface area contributed by atoms with Crippen molar-refractivity contribution >= 4 is 22.5 Å². The number of fused-ring (bicyclic) bond motifs is 1. The van der Waals surface area contributed by atoms with Crippen molar-refractivity contribution in [2.45, 2.75) is 38.5 Å². The highest BCUT2D eigenvalue weighted by Crippen LogP contribution is 2.31. The van der Waals surface area contributed by atoms with E-state index in [4.69, 9.17) is 0 Å². The van der Waals surface area contributed by atoms with Gasteiger partial charge in [0.2, 0.25) is 0 Å². The normalized spacial score (nSPS) is 13.6. The van der Waals surface area contributed by atoms with Gasteiger partial charge in [0.25, 0.3) is 0 Å². The van der Waals surface area contributed by atoms with Gasteiger partial charge < -0.3 is 5.32 Å². The molecule has 0 saturated heterocycles. The Morgan fingerprint density at radius 3 is 2.75 bits per heavy atom. The molecule has 1 unspecified atom stereocenters. The van der Waals surface area contributed by atoms with Crippen molar-refractivity contribution in [2.75, 3.05) is 12.3 Å². The molecule has 0 saturated carbocycles. The highest BCUT2D eigenvalue weighted by Gasteiger charge is 2.18. The van der Waals surface area contributed by atoms with Crippen LogP contribution in [0.5, 0.6) is 0 Å². The minimum Gasteiger partial charge on any atom is -0.309 e. The van der Waals surface area contributed by atoms with Crippen LogP contribution >= 0.6 is 11.8 Å². The Morgan fingerprint density at radius 2 is 2.05 bits per heavy atom. The number of pyridine rings is 1. The number of aromatic nitrogens is 1. The second kappa shape index (κ2) is 6.59. The molecule has 0 amide bonds. The fourth-order valence-corrected chi connectivity index (χ4v) is 3.25. The lowest BCUT2D eigenvalue weighted by atomic mass is 10.0. The zero-order valence-electron chi connectivity index (χ0n) is 12.8. The molecule has 2 nitrogen and oxygen atoms in total. The maximum absolute atomic E-state index is 4.22. The minimum absolute atomic E-state index is 0.291. The summed E-state index contributed by atoms with van der Waals surface area (Å²) < 4.78 is 0.291. The van der Waals surface area contributed by atoms with Crippen LogP contribution in [0.2, 0.25) is 0 Å². The van der Waals surface area contributed by atoms with E-state index >= 15 is 0 Å². The summed E-state index contributed by atoms with van der Waals surface area (Å²) in [6.07, 6.45) is 3.82. The van der Waals surface area contributed by atoms with Crippen molar-refractivity contribution in [1.82, 2.24) is 10.3 Å². The Hall–Kier alpha value is -1.06. The van der Waals surface area contributed by atoms with Gasteiger partial charge in [0.1, 0.15) is 0 Å². The van der Waals surface area contributed by atoms with Gasteiger partial charge in [-0.25, -0.2) is 0 Å². The van der Waals surface area contributed by atoms with E-state index in [-0.39, 0.29) is 0 Å². The fourth-order valence-electron chi connectivity index (χ4n) is 2.29. The first kappa shape index (κ1) is 15.3. The number of hydrogen-bond acceptors (Lipinski definition) is 3. The van der Waals surface area contributed by atoms with Crippen LogP contribution in [0.25, 0.3) is 10.8 Å². The molecule has 0 bridgehead atoms. The van der Waals surface area contributed by atoms with Crippen molar-refractivity contribution < 1.29 is 0 Å². The highest BCUT2D eigenvalue weighted by atomic mass is 32.2. The molecule has 3 heteroatoms. The van der Waals surface area contributed by atoms with E-state index in [1.807, 2.05) is 24.2 Å². The first-order valence-electron chi connectivity index (χ1n) is 7.21. The summed E-state index contributed by atoms with van der Waals surface area (Å²) >= 11 is 2.01. The number of hydrogen-bond donors (Lipinski definition) is 1. The van der Waals surface area contributed by atoms with E-state index in [2.05, 4.69) is 62.3 Å². The average Bonchev–Trinajstić information content (AvgIpc) is 2.42. The molecule has 1 heterocycles. The molecule has 0 spiro atoms. The molecule has 2 aromatic rings. The summed E-state index contributed by atoms with van der Waals surface area (Å²) in [5.74, 6) is 1.08. The summed E-state index contributed by atoms with van der Waals surface area (Å²) in [6.45, 7) is 9.97. The van der Waals surface area contributed by atoms with Crippen LogP contribution in [0, 0.1) is 0 Å². The van der Waals surface area contributed by atoms with E-state index in [9.17, 15) is 0 Å². The summed E-state index contributed by atoms with van der Waals surface area (Å²) in [5.41, 5.74) is 1.38. The number of nitrogens with zero attached hydrogens (tertiary/aromatic N) is 1. The number of thioether (sulfide) groups is 1. The highest BCUT2D eigenvalue weighted by molar-refractivity contribution is 8.00. The Balaban J connectivity index is 2.31. The van der Waals surface area contributed by atoms with Gasteiger partial charge in [0.15, 0.2) is 0 Å². The summed E-state index contributed by atoms with van der Waals surface area (Å²) in [5, 5.41) is 6.15. The molecule has 108 valence electrons. The summed E-state index contributed by atoms with van der Waals surface area (Å²) in [7, 11) is 0. The Labute approximate surface area is 126 Å². The second-order valence-corrected chi connectivity index (χ2v) is 7.82. The molecular weight excluding hydrogens is 264 g/mol. The smallest absolute Gasteiger partial charge is 0.0418 e. The molecule has 2 rings (SSSR count). The van der Waals surface area contributed by atoms with E-state index in [1.165, 1.54) is 16.3 Å². The molecule has 0 aliphatic carbocycles. The molecular formula is C17H24N2S. The SMILES string of the molecule is CCNC(CSC(C)(C)C)c1cccc2cnccc12. The van der Waals surface area contributed by atoms with Crippen molar-refractivity contribution in [3.63, 3.8) is 0 Å². The van der Waals surface area contributed by atoms with Gasteiger partial charge in [-0.15, -0.1) is 0 Å². The van der Waals surface area contributed by atoms with Gasteiger partial charge in [0, 0.05) is 34.3 Å². The first-order chi connectivity index (χ1) is 9.51. The van der Waals surface area contributed by atoms with Gasteiger partial charge in [-0.2, -0.15) is 11.8 Å². The van der Waals surface area contributed by atoms with Crippen LogP contribution in [0.1, 0.15) is 39.3 Å². The zero-order valence-corrected chi connectivity index (χ0v) is 13.6. The molecule has 1 aromatic carbocycles. The lowest BCUT2D eigenvalue weighted by molar-refractivity contribution is 0.607. The monoisotopic (exact) mass is 288 g/mol. The number of nitrogens with one attached hydrogen (secondary N) is 1. The Kier molecular flexibility index (Phi) is 5.06. The third kappa shape index (κ3) is 3.97. The van der Waals surface area contributed by atoms with Crippen LogP contribution in [0.4, 0.5) is 0 Å². The molecule has 0 radical (unpaired) electrons. The van der Waals surface area contributed by atoms with Crippen molar-refractivity contribution in [3.8, 4) is 0 Å². The van der Waals surface area contributed by atoms with Gasteiger partial charge in [-0.1, -0.05) is 45.9 Å². The van der Waals surface area contributed by atoms with Crippen LogP contribution < -0.4 is 5.32 Å². The van der Waals surface area contributed by atoms with E-state index in [1.54, 1.807) is 0 Å². The third-order valence-corrected chi connectivity index (χ3v) is 4.59. The van der Waals surface area contributed by atoms with Crippen molar-refractivity contribution in [3.05, 3.63) is 42.2 Å². The molecule has 1 N–H and O–H groups in total. The number of rotatable bonds is 5. The van der Waals surface area contributed by atoms with Crippen molar-refractivity contribution in [2.24, 2.45) is 0 Å². The van der Waals surface area contributed by atoms with E-state index < -0.39 is 0 Å². The van der Waals surface area contributed by atoms with E-state index in [0.717, 1.165) is 12.3 Å². The quantitative estimate of drug-likeness (QED) is 0.881. The Bertz CT molecular complexity index is 555. The topological polar surface area (TPSA) is 24.9 Å². The maximum atomic E-state index is 4.22. The lowest BCUT2D eigenvalue weighted by Gasteiger charge is -2.24. The van der Waals surface area contributed by atoms with Gasteiger partial charge in [0.05, 0.1) is 0 Å². The van der Waals surface area contributed by atoms with Crippen LogP contribution in [0.3, 0.4) is 0 Å². The largest absolute Gasteiger partial charge is 0.309 e. The van der Waals surface area contributed by atoms with Crippen LogP contribution in [-0.2, 0) is 0 Å². The lowest BCUT2D eigenvalue weighted by Crippen LogP contribution is -2.25. The molecule has 1 atom stereocenters. The molecule has 0 aliphatic rings. The first-order valence-corrected chi connectivity index (χ1v) is 8.20. The molecule has 0 fully saturated rings. The number of benzene rings is 1. The van der Waals surface area contributed by atoms with Crippen LogP contribution in [0.15, 0.2) is 36.7 Å². The fraction of sp³-hybridized carbons (Fsp3) is 0.471. The predicted octanol–water partition coefficient (Wildman–Crippen LogP) is 4.42. The Morgan fingerprint density at radius 1 is 1.25 bits per heavy atom. The van der Waals surface area contributed by atoms with Crippen molar-refractivity contribution in [1.29, 1.82) is 0 Å². The molecule has 20 heavy (non-hydrogen) atoms. The molecule has 1 aromatic heterocycles. The summed E-state index contributed by atoms with van der Waals surface area (Å²) in [4.78, 5) is 4.22. The standard InChI is InChI=1S/C17H24N2S/c1-5-19-16(12-20-17(2,3)4)15-8-6-7-13-11-18-10-9-14(13)15/h6-11,16,19H,5,12H2,1-4H3. The minimum atomic E-state index is 0.291. The predicted molar refractivity (Wildman–Crippen MR) is 90.4 cm³/mol. The maximum Gasteiger partial charge on any atom is 0.0418 e.